The van der Waals surface area contributed by atoms with Crippen LogP contribution in [0.5, 0.6) is 0 Å². The topological polar surface area (TPSA) is 20.2 Å². The van der Waals surface area contributed by atoms with Gasteiger partial charge in [-0.15, -0.1) is 11.8 Å². The molecule has 1 atom stereocenters. The van der Waals surface area contributed by atoms with Crippen LogP contribution in [-0.4, -0.2) is 11.2 Å². The number of rotatable bonds is 3. The summed E-state index contributed by atoms with van der Waals surface area (Å²) in [5, 5.41) is 9.46. The van der Waals surface area contributed by atoms with E-state index in [0.29, 0.717) is 12.0 Å². The summed E-state index contributed by atoms with van der Waals surface area (Å²) in [4.78, 5) is 0. The average molecular weight is 210 g/mol. The molecule has 0 aromatic heterocycles. The second kappa shape index (κ2) is 5.47. The summed E-state index contributed by atoms with van der Waals surface area (Å²) in [6, 6.07) is 3.33. The number of aliphatic hydroxyl groups excluding tert-OH is 1. The van der Waals surface area contributed by atoms with Gasteiger partial charge in [0.05, 0.1) is 6.10 Å². The summed E-state index contributed by atoms with van der Waals surface area (Å²) < 4.78 is 25.7. The molecule has 0 fully saturated rings. The van der Waals surface area contributed by atoms with E-state index < -0.39 is 17.7 Å². The number of hydrogen-bond donors (Lipinski definition) is 1. The fraction of sp³-hybridized carbons (Fsp3) is 0.333. The molecule has 0 radical (unpaired) electrons. The largest absolute Gasteiger partial charge is 0.392 e. The van der Waals surface area contributed by atoms with Crippen molar-refractivity contribution in [3.05, 3.63) is 35.4 Å². The molecule has 1 unspecified atom stereocenters. The molecule has 0 amide bonds. The predicted octanol–water partition coefficient (Wildman–Crippen LogP) is 2.28. The smallest absolute Gasteiger partial charge is 0.129 e. The van der Waals surface area contributed by atoms with Gasteiger partial charge in [-0.25, -0.2) is 8.78 Å². The van der Waals surface area contributed by atoms with Crippen LogP contribution in [0.3, 0.4) is 0 Å². The minimum atomic E-state index is -0.711. The van der Waals surface area contributed by atoms with Crippen molar-refractivity contribution >= 4 is 0 Å². The van der Waals surface area contributed by atoms with E-state index in [-0.39, 0.29) is 6.42 Å². The molecule has 0 saturated heterocycles. The van der Waals surface area contributed by atoms with E-state index in [1.165, 1.54) is 12.1 Å². The van der Waals surface area contributed by atoms with Crippen molar-refractivity contribution in [2.75, 3.05) is 0 Å². The van der Waals surface area contributed by atoms with E-state index in [2.05, 4.69) is 11.8 Å². The number of benzene rings is 1. The van der Waals surface area contributed by atoms with Gasteiger partial charge in [0.25, 0.3) is 0 Å². The van der Waals surface area contributed by atoms with Gasteiger partial charge in [0, 0.05) is 18.9 Å². The van der Waals surface area contributed by atoms with Crippen molar-refractivity contribution in [1.29, 1.82) is 0 Å². The monoisotopic (exact) mass is 210 g/mol. The van der Waals surface area contributed by atoms with E-state index in [9.17, 15) is 13.9 Å². The first-order valence-corrected chi connectivity index (χ1v) is 4.65. The van der Waals surface area contributed by atoms with Crippen LogP contribution in [-0.2, 0) is 6.42 Å². The lowest BCUT2D eigenvalue weighted by molar-refractivity contribution is 0.179. The first-order chi connectivity index (χ1) is 7.13. The summed E-state index contributed by atoms with van der Waals surface area (Å²) in [6.45, 7) is 1.67. The minimum Gasteiger partial charge on any atom is -0.392 e. The maximum atomic E-state index is 13.1. The molecule has 0 aliphatic heterocycles. The molecule has 3 heteroatoms. The van der Waals surface area contributed by atoms with Crippen LogP contribution in [0.25, 0.3) is 0 Å². The van der Waals surface area contributed by atoms with Gasteiger partial charge in [0.15, 0.2) is 0 Å². The van der Waals surface area contributed by atoms with Crippen LogP contribution in [0.2, 0.25) is 0 Å². The molecule has 15 heavy (non-hydrogen) atoms. The molecule has 0 spiro atoms. The Morgan fingerprint density at radius 3 is 2.73 bits per heavy atom. The summed E-state index contributed by atoms with van der Waals surface area (Å²) in [5.41, 5.74) is 0.307. The van der Waals surface area contributed by atoms with E-state index >= 15 is 0 Å². The first-order valence-electron chi connectivity index (χ1n) is 4.65. The zero-order valence-electron chi connectivity index (χ0n) is 8.43. The molecule has 1 rings (SSSR count). The minimum absolute atomic E-state index is 0.154. The standard InChI is InChI=1S/C12H12F2O/c1-2-3-4-11(15)7-9-5-6-10(13)8-12(9)14/h5-6,8,11,15H,4,7H2,1H3. The molecule has 1 nitrogen and oxygen atoms in total. The molecular formula is C12H12F2O. The quantitative estimate of drug-likeness (QED) is 0.759. The maximum absolute atomic E-state index is 13.1. The zero-order chi connectivity index (χ0) is 11.3. The van der Waals surface area contributed by atoms with Gasteiger partial charge in [0.2, 0.25) is 0 Å². The Labute approximate surface area is 87.7 Å². The van der Waals surface area contributed by atoms with Gasteiger partial charge in [-0.3, -0.25) is 0 Å². The SMILES string of the molecule is CC#CCC(O)Cc1ccc(F)cc1F. The highest BCUT2D eigenvalue weighted by Gasteiger charge is 2.09. The Morgan fingerprint density at radius 2 is 2.13 bits per heavy atom. The molecule has 0 aliphatic rings. The molecule has 80 valence electrons. The highest BCUT2D eigenvalue weighted by Crippen LogP contribution is 2.12. The Balaban J connectivity index is 2.66. The highest BCUT2D eigenvalue weighted by molar-refractivity contribution is 5.19. The second-order valence-electron chi connectivity index (χ2n) is 3.22. The summed E-state index contributed by atoms with van der Waals surface area (Å²) in [5.74, 6) is 4.11. The fourth-order valence-electron chi connectivity index (χ4n) is 1.23. The highest BCUT2D eigenvalue weighted by atomic mass is 19.1. The zero-order valence-corrected chi connectivity index (χ0v) is 8.43. The van der Waals surface area contributed by atoms with E-state index in [1.54, 1.807) is 6.92 Å². The third-order valence-corrected chi connectivity index (χ3v) is 1.99. The molecular weight excluding hydrogens is 198 g/mol. The third kappa shape index (κ3) is 3.69. The average Bonchev–Trinajstić information content (AvgIpc) is 2.19. The van der Waals surface area contributed by atoms with Crippen LogP contribution in [0.15, 0.2) is 18.2 Å². The third-order valence-electron chi connectivity index (χ3n) is 1.99. The van der Waals surface area contributed by atoms with Crippen molar-refractivity contribution in [3.8, 4) is 11.8 Å². The van der Waals surface area contributed by atoms with Crippen molar-refractivity contribution in [1.82, 2.24) is 0 Å². The molecule has 1 aromatic rings. The summed E-state index contributed by atoms with van der Waals surface area (Å²) in [6.07, 6.45) is -0.258. The molecule has 0 aliphatic carbocycles. The molecule has 0 saturated carbocycles. The molecule has 1 aromatic carbocycles. The van der Waals surface area contributed by atoms with Gasteiger partial charge >= 0.3 is 0 Å². The fourth-order valence-corrected chi connectivity index (χ4v) is 1.23. The summed E-state index contributed by atoms with van der Waals surface area (Å²) >= 11 is 0. The lowest BCUT2D eigenvalue weighted by atomic mass is 10.1. The van der Waals surface area contributed by atoms with Crippen molar-refractivity contribution < 1.29 is 13.9 Å². The van der Waals surface area contributed by atoms with Crippen LogP contribution >= 0.6 is 0 Å². The van der Waals surface area contributed by atoms with Crippen LogP contribution in [0.4, 0.5) is 8.78 Å². The van der Waals surface area contributed by atoms with Crippen molar-refractivity contribution in [2.45, 2.75) is 25.9 Å². The lowest BCUT2D eigenvalue weighted by Gasteiger charge is -2.07. The van der Waals surface area contributed by atoms with Crippen LogP contribution < -0.4 is 0 Å². The predicted molar refractivity (Wildman–Crippen MR) is 54.1 cm³/mol. The number of halogens is 2. The Bertz CT molecular complexity index is 390. The van der Waals surface area contributed by atoms with Gasteiger partial charge in [0.1, 0.15) is 11.6 Å². The van der Waals surface area contributed by atoms with Gasteiger partial charge in [-0.1, -0.05) is 6.07 Å². The van der Waals surface area contributed by atoms with Crippen molar-refractivity contribution in [2.24, 2.45) is 0 Å². The molecule has 0 bridgehead atoms. The molecule has 0 heterocycles. The lowest BCUT2D eigenvalue weighted by Crippen LogP contribution is -2.10. The van der Waals surface area contributed by atoms with E-state index in [1.807, 2.05) is 0 Å². The number of aliphatic hydroxyl groups is 1. The van der Waals surface area contributed by atoms with Crippen molar-refractivity contribution in [3.63, 3.8) is 0 Å². The number of hydrogen-bond acceptors (Lipinski definition) is 1. The van der Waals surface area contributed by atoms with Gasteiger partial charge in [-0.05, 0) is 18.6 Å². The normalized spacial score (nSPS) is 11.7. The van der Waals surface area contributed by atoms with Gasteiger partial charge in [-0.2, -0.15) is 0 Å². The Kier molecular flexibility index (Phi) is 4.26. The summed E-state index contributed by atoms with van der Waals surface area (Å²) in [7, 11) is 0. The van der Waals surface area contributed by atoms with Crippen LogP contribution in [0, 0.1) is 23.5 Å². The van der Waals surface area contributed by atoms with E-state index in [0.717, 1.165) is 6.07 Å². The molecule has 1 N–H and O–H groups in total. The Hall–Kier alpha value is -1.40. The second-order valence-corrected chi connectivity index (χ2v) is 3.22. The first kappa shape index (κ1) is 11.7. The van der Waals surface area contributed by atoms with Crippen LogP contribution in [0.1, 0.15) is 18.9 Å². The Morgan fingerprint density at radius 1 is 1.40 bits per heavy atom. The van der Waals surface area contributed by atoms with Gasteiger partial charge < -0.3 is 5.11 Å². The maximum Gasteiger partial charge on any atom is 0.129 e. The van der Waals surface area contributed by atoms with E-state index in [4.69, 9.17) is 0 Å².